The van der Waals surface area contributed by atoms with E-state index in [0.29, 0.717) is 6.54 Å². The molecule has 0 saturated carbocycles. The Morgan fingerprint density at radius 2 is 2.05 bits per heavy atom. The van der Waals surface area contributed by atoms with Crippen molar-refractivity contribution in [2.45, 2.75) is 18.9 Å². The molecule has 2 nitrogen and oxygen atoms in total. The predicted molar refractivity (Wildman–Crippen MR) is 93.1 cm³/mol. The van der Waals surface area contributed by atoms with Crippen molar-refractivity contribution in [1.29, 1.82) is 0 Å². The molecule has 0 aliphatic carbocycles. The molecule has 2 aromatic rings. The van der Waals surface area contributed by atoms with E-state index >= 15 is 0 Å². The summed E-state index contributed by atoms with van der Waals surface area (Å²) >= 11 is 9.94. The molecule has 2 N–H and O–H groups in total. The van der Waals surface area contributed by atoms with E-state index in [1.54, 1.807) is 0 Å². The van der Waals surface area contributed by atoms with Crippen molar-refractivity contribution < 1.29 is 0 Å². The minimum atomic E-state index is 0.108. The molecule has 1 unspecified atom stereocenters. The van der Waals surface area contributed by atoms with E-state index in [4.69, 9.17) is 17.3 Å². The summed E-state index contributed by atoms with van der Waals surface area (Å²) in [4.78, 5) is 2.40. The fourth-order valence-electron chi connectivity index (χ4n) is 3.08. The third kappa shape index (κ3) is 2.96. The summed E-state index contributed by atoms with van der Waals surface area (Å²) < 4.78 is 1.03. The van der Waals surface area contributed by atoms with Gasteiger partial charge in [-0.05, 0) is 48.2 Å². The van der Waals surface area contributed by atoms with Gasteiger partial charge in [-0.2, -0.15) is 0 Å². The summed E-state index contributed by atoms with van der Waals surface area (Å²) in [7, 11) is 0. The van der Waals surface area contributed by atoms with Gasteiger partial charge in [0.2, 0.25) is 0 Å². The predicted octanol–water partition coefficient (Wildman–Crippen LogP) is 4.56. The summed E-state index contributed by atoms with van der Waals surface area (Å²) in [5, 5.41) is 0.775. The van der Waals surface area contributed by atoms with Crippen molar-refractivity contribution in [3.8, 4) is 0 Å². The van der Waals surface area contributed by atoms with Gasteiger partial charge in [-0.3, -0.25) is 0 Å². The van der Waals surface area contributed by atoms with Crippen molar-refractivity contribution in [2.75, 3.05) is 18.0 Å². The first kappa shape index (κ1) is 14.9. The Morgan fingerprint density at radius 3 is 2.86 bits per heavy atom. The maximum absolute atomic E-state index is 6.41. The summed E-state index contributed by atoms with van der Waals surface area (Å²) in [6.07, 6.45) is 2.29. The molecule has 0 fully saturated rings. The van der Waals surface area contributed by atoms with Crippen molar-refractivity contribution in [2.24, 2.45) is 5.73 Å². The van der Waals surface area contributed by atoms with E-state index in [2.05, 4.69) is 51.2 Å². The van der Waals surface area contributed by atoms with Crippen LogP contribution in [0.2, 0.25) is 5.02 Å². The van der Waals surface area contributed by atoms with Crippen molar-refractivity contribution in [3.05, 3.63) is 63.1 Å². The highest BCUT2D eigenvalue weighted by Gasteiger charge is 2.25. The van der Waals surface area contributed by atoms with E-state index < -0.39 is 0 Å². The SMILES string of the molecule is NCC(c1cc(Br)ccc1Cl)N1CCCc2ccccc21. The number of halogens is 2. The number of nitrogens with two attached hydrogens (primary N) is 1. The molecular formula is C17H18BrClN2. The molecule has 21 heavy (non-hydrogen) atoms. The molecule has 1 aliphatic heterocycles. The van der Waals surface area contributed by atoms with Crippen molar-refractivity contribution in [3.63, 3.8) is 0 Å². The first-order valence-corrected chi connectivity index (χ1v) is 8.37. The fourth-order valence-corrected chi connectivity index (χ4v) is 3.70. The van der Waals surface area contributed by atoms with Crippen LogP contribution in [-0.2, 0) is 6.42 Å². The zero-order chi connectivity index (χ0) is 14.8. The Labute approximate surface area is 139 Å². The zero-order valence-electron chi connectivity index (χ0n) is 11.7. The Balaban J connectivity index is 2.03. The monoisotopic (exact) mass is 364 g/mol. The molecule has 1 heterocycles. The molecule has 1 aliphatic rings. The van der Waals surface area contributed by atoms with Crippen LogP contribution in [0.15, 0.2) is 46.9 Å². The topological polar surface area (TPSA) is 29.3 Å². The second-order valence-corrected chi connectivity index (χ2v) is 6.67. The van der Waals surface area contributed by atoms with Gasteiger partial charge in [0.25, 0.3) is 0 Å². The Kier molecular flexibility index (Phi) is 4.53. The molecule has 0 radical (unpaired) electrons. The number of para-hydroxylation sites is 1. The van der Waals surface area contributed by atoms with Gasteiger partial charge in [-0.15, -0.1) is 0 Å². The van der Waals surface area contributed by atoms with E-state index in [1.807, 2.05) is 12.1 Å². The van der Waals surface area contributed by atoms with E-state index in [1.165, 1.54) is 11.3 Å². The van der Waals surface area contributed by atoms with E-state index in [-0.39, 0.29) is 6.04 Å². The Bertz CT molecular complexity index is 644. The molecule has 0 amide bonds. The van der Waals surface area contributed by atoms with Gasteiger partial charge in [0.1, 0.15) is 0 Å². The van der Waals surface area contributed by atoms with Gasteiger partial charge in [-0.1, -0.05) is 45.7 Å². The van der Waals surface area contributed by atoms with Crippen LogP contribution in [0.3, 0.4) is 0 Å². The van der Waals surface area contributed by atoms with E-state index in [9.17, 15) is 0 Å². The highest BCUT2D eigenvalue weighted by Crippen LogP contribution is 2.36. The lowest BCUT2D eigenvalue weighted by Gasteiger charge is -2.38. The molecular weight excluding hydrogens is 348 g/mol. The second-order valence-electron chi connectivity index (χ2n) is 5.34. The molecule has 0 saturated heterocycles. The number of fused-ring (bicyclic) bond motifs is 1. The van der Waals surface area contributed by atoms with Crippen LogP contribution < -0.4 is 10.6 Å². The first-order valence-electron chi connectivity index (χ1n) is 7.20. The Hall–Kier alpha value is -1.03. The molecule has 0 aromatic heterocycles. The lowest BCUT2D eigenvalue weighted by atomic mass is 9.97. The number of hydrogen-bond donors (Lipinski definition) is 1. The zero-order valence-corrected chi connectivity index (χ0v) is 14.1. The second kappa shape index (κ2) is 6.39. The number of anilines is 1. The van der Waals surface area contributed by atoms with Crippen LogP contribution in [0.1, 0.15) is 23.6 Å². The average molecular weight is 366 g/mol. The molecule has 110 valence electrons. The number of rotatable bonds is 3. The molecule has 1 atom stereocenters. The van der Waals surface area contributed by atoms with Crippen LogP contribution in [0, 0.1) is 0 Å². The highest BCUT2D eigenvalue weighted by atomic mass is 79.9. The third-order valence-electron chi connectivity index (χ3n) is 4.06. The van der Waals surface area contributed by atoms with E-state index in [0.717, 1.165) is 34.4 Å². The van der Waals surface area contributed by atoms with Crippen molar-refractivity contribution >= 4 is 33.2 Å². The summed E-state index contributed by atoms with van der Waals surface area (Å²) in [6.45, 7) is 1.56. The Morgan fingerprint density at radius 1 is 1.24 bits per heavy atom. The highest BCUT2D eigenvalue weighted by molar-refractivity contribution is 9.10. The van der Waals surface area contributed by atoms with Crippen molar-refractivity contribution in [1.82, 2.24) is 0 Å². The molecule has 3 rings (SSSR count). The van der Waals surface area contributed by atoms with Crippen LogP contribution in [0.5, 0.6) is 0 Å². The van der Waals surface area contributed by atoms with Gasteiger partial charge >= 0.3 is 0 Å². The summed E-state index contributed by atoms with van der Waals surface area (Å²) in [5.74, 6) is 0. The normalized spacial score (nSPS) is 15.7. The lowest BCUT2D eigenvalue weighted by molar-refractivity contribution is 0.588. The van der Waals surface area contributed by atoms with Crippen LogP contribution >= 0.6 is 27.5 Å². The minimum absolute atomic E-state index is 0.108. The smallest absolute Gasteiger partial charge is 0.0679 e. The van der Waals surface area contributed by atoms with Crippen LogP contribution in [-0.4, -0.2) is 13.1 Å². The maximum Gasteiger partial charge on any atom is 0.0679 e. The average Bonchev–Trinajstić information content (AvgIpc) is 2.51. The maximum atomic E-state index is 6.41. The van der Waals surface area contributed by atoms with Crippen LogP contribution in [0.25, 0.3) is 0 Å². The van der Waals surface area contributed by atoms with Crippen LogP contribution in [0.4, 0.5) is 5.69 Å². The first-order chi connectivity index (χ1) is 10.2. The minimum Gasteiger partial charge on any atom is -0.363 e. The third-order valence-corrected chi connectivity index (χ3v) is 4.90. The number of nitrogens with zero attached hydrogens (tertiary/aromatic N) is 1. The lowest BCUT2D eigenvalue weighted by Crippen LogP contribution is -2.37. The summed E-state index contributed by atoms with van der Waals surface area (Å²) in [5.41, 5.74) is 9.87. The van der Waals surface area contributed by atoms with Gasteiger partial charge in [0, 0.05) is 28.3 Å². The number of benzene rings is 2. The largest absolute Gasteiger partial charge is 0.363 e. The number of aryl methyl sites for hydroxylation is 1. The molecule has 4 heteroatoms. The number of hydrogen-bond acceptors (Lipinski definition) is 2. The molecule has 0 spiro atoms. The van der Waals surface area contributed by atoms with Gasteiger partial charge in [0.05, 0.1) is 6.04 Å². The summed E-state index contributed by atoms with van der Waals surface area (Å²) in [6, 6.07) is 14.7. The molecule has 0 bridgehead atoms. The van der Waals surface area contributed by atoms with Gasteiger partial charge in [0.15, 0.2) is 0 Å². The molecule has 2 aromatic carbocycles. The quantitative estimate of drug-likeness (QED) is 0.864. The fraction of sp³-hybridized carbons (Fsp3) is 0.294. The van der Waals surface area contributed by atoms with Gasteiger partial charge in [-0.25, -0.2) is 0 Å². The standard InChI is InChI=1S/C17H18BrClN2/c18-13-7-8-15(19)14(10-13)17(11-20)21-9-3-5-12-4-1-2-6-16(12)21/h1-2,4,6-8,10,17H,3,5,9,11,20H2. The van der Waals surface area contributed by atoms with Gasteiger partial charge < -0.3 is 10.6 Å².